The molecule has 0 aromatic heterocycles. The van der Waals surface area contributed by atoms with E-state index in [0.717, 1.165) is 17.0 Å². The second-order valence-electron chi connectivity index (χ2n) is 5.61. The van der Waals surface area contributed by atoms with Crippen molar-refractivity contribution in [3.05, 3.63) is 84.3 Å². The lowest BCUT2D eigenvalue weighted by atomic mass is 10.2. The average molecular weight is 341 g/mol. The first-order chi connectivity index (χ1) is 11.5. The first kappa shape index (κ1) is 16.3. The smallest absolute Gasteiger partial charge is 0.175 e. The van der Waals surface area contributed by atoms with Gasteiger partial charge in [0.25, 0.3) is 0 Å². The highest BCUT2D eigenvalue weighted by Gasteiger charge is 2.10. The molecule has 2 aromatic carbocycles. The van der Waals surface area contributed by atoms with E-state index in [9.17, 15) is 8.42 Å². The van der Waals surface area contributed by atoms with Crippen molar-refractivity contribution in [3.63, 3.8) is 0 Å². The highest BCUT2D eigenvalue weighted by atomic mass is 32.2. The second kappa shape index (κ2) is 6.93. The number of hydrogen-bond acceptors (Lipinski definition) is 4. The lowest BCUT2D eigenvalue weighted by molar-refractivity contribution is 0.209. The predicted molar refractivity (Wildman–Crippen MR) is 95.4 cm³/mol. The summed E-state index contributed by atoms with van der Waals surface area (Å²) >= 11 is 0. The summed E-state index contributed by atoms with van der Waals surface area (Å²) in [5.41, 5.74) is 2.07. The molecule has 0 bridgehead atoms. The maximum Gasteiger partial charge on any atom is 0.175 e. The Morgan fingerprint density at radius 1 is 1.04 bits per heavy atom. The molecule has 1 heterocycles. The van der Waals surface area contributed by atoms with Crippen molar-refractivity contribution in [2.75, 3.05) is 17.7 Å². The maximum atomic E-state index is 11.5. The Balaban J connectivity index is 1.60. The van der Waals surface area contributed by atoms with E-state index in [0.29, 0.717) is 18.0 Å². The SMILES string of the molecule is CS(=O)(=O)c1ccc(N2C=CC(OCc3ccccc3)=CC2)cc1. The monoisotopic (exact) mass is 341 g/mol. The highest BCUT2D eigenvalue weighted by molar-refractivity contribution is 7.90. The minimum absolute atomic E-state index is 0.328. The molecular weight excluding hydrogens is 322 g/mol. The maximum absolute atomic E-state index is 11.5. The number of nitrogens with zero attached hydrogens (tertiary/aromatic N) is 1. The molecule has 1 aliphatic heterocycles. The molecule has 1 aliphatic rings. The van der Waals surface area contributed by atoms with Crippen LogP contribution in [0.2, 0.25) is 0 Å². The fourth-order valence-electron chi connectivity index (χ4n) is 2.40. The highest BCUT2D eigenvalue weighted by Crippen LogP contribution is 2.21. The standard InChI is InChI=1S/C19H19NO3S/c1-24(21,22)19-9-7-17(8-10-19)20-13-11-18(12-14-20)23-15-16-5-3-2-4-6-16/h2-13H,14-15H2,1H3. The van der Waals surface area contributed by atoms with Gasteiger partial charge in [0.05, 0.1) is 4.90 Å². The van der Waals surface area contributed by atoms with Crippen LogP contribution in [-0.4, -0.2) is 21.2 Å². The molecule has 0 saturated heterocycles. The van der Waals surface area contributed by atoms with E-state index in [-0.39, 0.29) is 0 Å². The molecule has 0 unspecified atom stereocenters. The van der Waals surface area contributed by atoms with Gasteiger partial charge in [0.1, 0.15) is 12.4 Å². The van der Waals surface area contributed by atoms with Crippen LogP contribution in [-0.2, 0) is 21.2 Å². The lowest BCUT2D eigenvalue weighted by Crippen LogP contribution is -2.19. The Morgan fingerprint density at radius 2 is 1.75 bits per heavy atom. The summed E-state index contributed by atoms with van der Waals surface area (Å²) in [4.78, 5) is 2.36. The Morgan fingerprint density at radius 3 is 2.33 bits per heavy atom. The topological polar surface area (TPSA) is 46.6 Å². The summed E-state index contributed by atoms with van der Waals surface area (Å²) in [6, 6.07) is 16.9. The van der Waals surface area contributed by atoms with Gasteiger partial charge in [-0.1, -0.05) is 30.3 Å². The largest absolute Gasteiger partial charge is 0.489 e. The molecule has 0 fully saturated rings. The first-order valence-electron chi connectivity index (χ1n) is 7.64. The third-order valence-corrected chi connectivity index (χ3v) is 4.88. The van der Waals surface area contributed by atoms with Crippen molar-refractivity contribution in [2.24, 2.45) is 0 Å². The molecule has 0 N–H and O–H groups in total. The molecule has 0 atom stereocenters. The summed E-state index contributed by atoms with van der Waals surface area (Å²) in [6.07, 6.45) is 7.07. The van der Waals surface area contributed by atoms with Crippen molar-refractivity contribution in [1.29, 1.82) is 0 Å². The number of benzene rings is 2. The van der Waals surface area contributed by atoms with Gasteiger partial charge >= 0.3 is 0 Å². The van der Waals surface area contributed by atoms with Crippen molar-refractivity contribution < 1.29 is 13.2 Å². The number of hydrogen-bond donors (Lipinski definition) is 0. The van der Waals surface area contributed by atoms with Gasteiger partial charge in [0, 0.05) is 24.7 Å². The number of rotatable bonds is 5. The zero-order chi connectivity index (χ0) is 17.0. The van der Waals surface area contributed by atoms with Crippen LogP contribution in [0.1, 0.15) is 5.56 Å². The van der Waals surface area contributed by atoms with Crippen LogP contribution < -0.4 is 4.90 Å². The van der Waals surface area contributed by atoms with Crippen LogP contribution in [0.25, 0.3) is 0 Å². The Hall–Kier alpha value is -2.53. The Labute approximate surface area is 142 Å². The van der Waals surface area contributed by atoms with Gasteiger partial charge in [0.15, 0.2) is 9.84 Å². The van der Waals surface area contributed by atoms with Crippen LogP contribution in [0.3, 0.4) is 0 Å². The van der Waals surface area contributed by atoms with Crippen molar-refractivity contribution in [3.8, 4) is 0 Å². The molecule has 0 spiro atoms. The van der Waals surface area contributed by atoms with E-state index in [1.54, 1.807) is 12.1 Å². The summed E-state index contributed by atoms with van der Waals surface area (Å²) in [5.74, 6) is 0.836. The molecular formula is C19H19NO3S. The minimum Gasteiger partial charge on any atom is -0.489 e. The Bertz CT molecular complexity index is 853. The fourth-order valence-corrected chi connectivity index (χ4v) is 3.04. The van der Waals surface area contributed by atoms with E-state index >= 15 is 0 Å². The number of ether oxygens (including phenoxy) is 1. The molecule has 0 saturated carbocycles. The molecule has 5 heteroatoms. The normalized spacial score (nSPS) is 14.4. The van der Waals surface area contributed by atoms with Crippen LogP contribution in [0.4, 0.5) is 5.69 Å². The predicted octanol–water partition coefficient (Wildman–Crippen LogP) is 3.52. The van der Waals surface area contributed by atoms with Crippen LogP contribution >= 0.6 is 0 Å². The lowest BCUT2D eigenvalue weighted by Gasteiger charge is -2.23. The molecule has 0 radical (unpaired) electrons. The molecule has 0 amide bonds. The molecule has 2 aromatic rings. The number of sulfone groups is 1. The number of allylic oxidation sites excluding steroid dienone is 1. The van der Waals surface area contributed by atoms with Gasteiger partial charge in [-0.05, 0) is 42.0 Å². The van der Waals surface area contributed by atoms with Gasteiger partial charge in [-0.3, -0.25) is 0 Å². The van der Waals surface area contributed by atoms with Crippen molar-refractivity contribution >= 4 is 15.5 Å². The third kappa shape index (κ3) is 4.06. The van der Waals surface area contributed by atoms with E-state index in [1.165, 1.54) is 6.26 Å². The van der Waals surface area contributed by atoms with E-state index in [2.05, 4.69) is 0 Å². The third-order valence-electron chi connectivity index (χ3n) is 3.75. The molecule has 124 valence electrons. The average Bonchev–Trinajstić information content (AvgIpc) is 2.61. The van der Waals surface area contributed by atoms with Gasteiger partial charge in [0.2, 0.25) is 0 Å². The zero-order valence-electron chi connectivity index (χ0n) is 13.4. The minimum atomic E-state index is -3.16. The summed E-state index contributed by atoms with van der Waals surface area (Å²) < 4.78 is 28.8. The van der Waals surface area contributed by atoms with Gasteiger partial charge in [-0.25, -0.2) is 8.42 Å². The molecule has 4 nitrogen and oxygen atoms in total. The first-order valence-corrected chi connectivity index (χ1v) is 9.53. The van der Waals surface area contributed by atoms with Crippen LogP contribution in [0, 0.1) is 0 Å². The van der Waals surface area contributed by atoms with Crippen molar-refractivity contribution in [1.82, 2.24) is 0 Å². The summed E-state index contributed by atoms with van der Waals surface area (Å²) in [6.45, 7) is 1.22. The quantitative estimate of drug-likeness (QED) is 0.835. The molecule has 0 aliphatic carbocycles. The van der Waals surface area contributed by atoms with Gasteiger partial charge in [-0.2, -0.15) is 0 Å². The van der Waals surface area contributed by atoms with Crippen LogP contribution in [0.15, 0.2) is 83.6 Å². The molecule has 3 rings (SSSR count). The zero-order valence-corrected chi connectivity index (χ0v) is 14.2. The summed E-state index contributed by atoms with van der Waals surface area (Å²) in [5, 5.41) is 0. The summed E-state index contributed by atoms with van der Waals surface area (Å²) in [7, 11) is -3.16. The van der Waals surface area contributed by atoms with Gasteiger partial charge in [-0.15, -0.1) is 0 Å². The van der Waals surface area contributed by atoms with E-state index in [4.69, 9.17) is 4.74 Å². The second-order valence-corrected chi connectivity index (χ2v) is 7.63. The van der Waals surface area contributed by atoms with E-state index < -0.39 is 9.84 Å². The Kier molecular flexibility index (Phi) is 4.71. The van der Waals surface area contributed by atoms with Crippen LogP contribution in [0.5, 0.6) is 0 Å². The number of anilines is 1. The fraction of sp³-hybridized carbons (Fsp3) is 0.158. The van der Waals surface area contributed by atoms with E-state index in [1.807, 2.05) is 65.7 Å². The molecule has 24 heavy (non-hydrogen) atoms. The van der Waals surface area contributed by atoms with Crippen molar-refractivity contribution in [2.45, 2.75) is 11.5 Å². The van der Waals surface area contributed by atoms with Gasteiger partial charge < -0.3 is 9.64 Å².